The molecule has 1 aliphatic rings. The zero-order chi connectivity index (χ0) is 19.3. The van der Waals surface area contributed by atoms with Gasteiger partial charge in [-0.05, 0) is 24.6 Å². The van der Waals surface area contributed by atoms with E-state index in [1.165, 1.54) is 12.1 Å². The lowest BCUT2D eigenvalue weighted by Gasteiger charge is -2.34. The Balaban J connectivity index is 2.00. The molecule has 0 atom stereocenters. The third kappa shape index (κ3) is 5.15. The van der Waals surface area contributed by atoms with Crippen molar-refractivity contribution in [2.75, 3.05) is 45.5 Å². The fourth-order valence-electron chi connectivity index (χ4n) is 2.79. The number of benzene rings is 1. The Morgan fingerprint density at radius 1 is 1.23 bits per heavy atom. The second-order valence-corrected chi connectivity index (χ2v) is 8.43. The molecule has 1 heterocycles. The van der Waals surface area contributed by atoms with Gasteiger partial charge >= 0.3 is 0 Å². The van der Waals surface area contributed by atoms with Gasteiger partial charge in [-0.1, -0.05) is 12.1 Å². The number of aryl methyl sites for hydroxylation is 1. The molecule has 7 nitrogen and oxygen atoms in total. The van der Waals surface area contributed by atoms with Crippen LogP contribution in [0.25, 0.3) is 0 Å². The summed E-state index contributed by atoms with van der Waals surface area (Å²) in [7, 11) is -3.37. The number of rotatable bonds is 6. The topological polar surface area (TPSA) is 86.8 Å². The van der Waals surface area contributed by atoms with E-state index in [0.29, 0.717) is 44.8 Å². The van der Waals surface area contributed by atoms with Crippen molar-refractivity contribution in [3.05, 3.63) is 42.0 Å². The van der Waals surface area contributed by atoms with Crippen LogP contribution in [0.1, 0.15) is 15.9 Å². The molecule has 26 heavy (non-hydrogen) atoms. The molecule has 1 aromatic rings. The summed E-state index contributed by atoms with van der Waals surface area (Å²) >= 11 is 0. The Kier molecular flexibility index (Phi) is 6.55. The van der Waals surface area contributed by atoms with E-state index in [4.69, 9.17) is 0 Å². The highest BCUT2D eigenvalue weighted by Gasteiger charge is 2.25. The second-order valence-electron chi connectivity index (χ2n) is 6.41. The fourth-order valence-corrected chi connectivity index (χ4v) is 3.43. The van der Waals surface area contributed by atoms with Crippen LogP contribution >= 0.6 is 0 Å². The van der Waals surface area contributed by atoms with Gasteiger partial charge in [0.05, 0.1) is 11.4 Å². The van der Waals surface area contributed by atoms with Crippen molar-refractivity contribution < 1.29 is 18.0 Å². The first-order valence-electron chi connectivity index (χ1n) is 8.42. The molecule has 2 amide bonds. The van der Waals surface area contributed by atoms with E-state index in [1.807, 2.05) is 4.90 Å². The predicted octanol–water partition coefficient (Wildman–Crippen LogP) is 0.459. The number of nitrogens with zero attached hydrogens (tertiary/aromatic N) is 2. The molecule has 0 aromatic heterocycles. The first kappa shape index (κ1) is 20.1. The van der Waals surface area contributed by atoms with E-state index < -0.39 is 9.84 Å². The molecule has 0 aliphatic carbocycles. The first-order chi connectivity index (χ1) is 12.2. The number of hydrogen-bond donors (Lipinski definition) is 1. The maximum Gasteiger partial charge on any atom is 0.254 e. The molecule has 0 bridgehead atoms. The monoisotopic (exact) mass is 379 g/mol. The van der Waals surface area contributed by atoms with Crippen molar-refractivity contribution in [3.63, 3.8) is 0 Å². The summed E-state index contributed by atoms with van der Waals surface area (Å²) in [5.74, 6) is -0.245. The first-order valence-corrected chi connectivity index (χ1v) is 10.3. The molecule has 1 aliphatic heterocycles. The van der Waals surface area contributed by atoms with Gasteiger partial charge in [0.1, 0.15) is 0 Å². The van der Waals surface area contributed by atoms with E-state index in [-0.39, 0.29) is 16.7 Å². The van der Waals surface area contributed by atoms with E-state index in [0.717, 1.165) is 11.8 Å². The van der Waals surface area contributed by atoms with Gasteiger partial charge in [0, 0.05) is 44.5 Å². The number of carbonyl (C=O) groups excluding carboxylic acids is 2. The molecule has 1 N–H and O–H groups in total. The number of amides is 2. The van der Waals surface area contributed by atoms with Crippen molar-refractivity contribution in [2.45, 2.75) is 11.8 Å². The number of hydrogen-bond acceptors (Lipinski definition) is 5. The molecule has 1 fully saturated rings. The summed E-state index contributed by atoms with van der Waals surface area (Å²) in [5, 5.41) is 2.73. The molecular formula is C18H25N3O4S. The molecule has 0 spiro atoms. The van der Waals surface area contributed by atoms with Crippen LogP contribution in [0.4, 0.5) is 0 Å². The standard InChI is InChI=1S/C18H25N3O4S/c1-4-7-19-17(22)13-20-8-10-21(11-9-20)18(23)16-12-15(26(3,24)25)6-5-14(16)2/h4-6,12H,1,7-11,13H2,2-3H3,(H,19,22). The van der Waals surface area contributed by atoms with E-state index in [1.54, 1.807) is 24.0 Å². The average molecular weight is 379 g/mol. The number of nitrogens with one attached hydrogen (secondary N) is 1. The minimum absolute atomic E-state index is 0.0682. The van der Waals surface area contributed by atoms with Crippen LogP contribution in [-0.2, 0) is 14.6 Å². The largest absolute Gasteiger partial charge is 0.352 e. The highest BCUT2D eigenvalue weighted by molar-refractivity contribution is 7.90. The van der Waals surface area contributed by atoms with Gasteiger partial charge in [-0.25, -0.2) is 8.42 Å². The molecule has 1 saturated heterocycles. The van der Waals surface area contributed by atoms with Crippen LogP contribution in [0.2, 0.25) is 0 Å². The molecule has 0 unspecified atom stereocenters. The molecule has 2 rings (SSSR count). The second kappa shape index (κ2) is 8.46. The van der Waals surface area contributed by atoms with Crippen LogP contribution in [-0.4, -0.2) is 75.6 Å². The average Bonchev–Trinajstić information content (AvgIpc) is 2.59. The highest BCUT2D eigenvalue weighted by atomic mass is 32.2. The lowest BCUT2D eigenvalue weighted by atomic mass is 10.1. The number of carbonyl (C=O) groups is 2. The van der Waals surface area contributed by atoms with Crippen molar-refractivity contribution in [2.24, 2.45) is 0 Å². The van der Waals surface area contributed by atoms with Gasteiger partial charge in [0.2, 0.25) is 5.91 Å². The summed E-state index contributed by atoms with van der Waals surface area (Å²) in [5.41, 5.74) is 1.15. The Bertz CT molecular complexity index is 797. The van der Waals surface area contributed by atoms with E-state index >= 15 is 0 Å². The van der Waals surface area contributed by atoms with Gasteiger partial charge in [-0.15, -0.1) is 6.58 Å². The lowest BCUT2D eigenvalue weighted by Crippen LogP contribution is -2.51. The normalized spacial score (nSPS) is 15.5. The summed E-state index contributed by atoms with van der Waals surface area (Å²) in [6, 6.07) is 4.62. The maximum atomic E-state index is 12.8. The van der Waals surface area contributed by atoms with Crippen molar-refractivity contribution >= 4 is 21.7 Å². The van der Waals surface area contributed by atoms with Crippen LogP contribution in [0, 0.1) is 6.92 Å². The Morgan fingerprint density at radius 2 is 1.88 bits per heavy atom. The van der Waals surface area contributed by atoms with Crippen LogP contribution in [0.5, 0.6) is 0 Å². The number of piperazine rings is 1. The van der Waals surface area contributed by atoms with Crippen molar-refractivity contribution in [1.82, 2.24) is 15.1 Å². The highest BCUT2D eigenvalue weighted by Crippen LogP contribution is 2.18. The minimum atomic E-state index is -3.37. The smallest absolute Gasteiger partial charge is 0.254 e. The lowest BCUT2D eigenvalue weighted by molar-refractivity contribution is -0.122. The molecule has 8 heteroatoms. The summed E-state index contributed by atoms with van der Waals surface area (Å²) in [6.07, 6.45) is 2.75. The SMILES string of the molecule is C=CCNC(=O)CN1CCN(C(=O)c2cc(S(C)(=O)=O)ccc2C)CC1. The quantitative estimate of drug-likeness (QED) is 0.726. The van der Waals surface area contributed by atoms with Crippen molar-refractivity contribution in [1.29, 1.82) is 0 Å². The zero-order valence-electron chi connectivity index (χ0n) is 15.2. The third-order valence-electron chi connectivity index (χ3n) is 4.34. The molecule has 0 radical (unpaired) electrons. The van der Waals surface area contributed by atoms with Gasteiger partial charge in [-0.3, -0.25) is 14.5 Å². The van der Waals surface area contributed by atoms with Gasteiger partial charge in [0.15, 0.2) is 9.84 Å². The van der Waals surface area contributed by atoms with Crippen LogP contribution in [0.3, 0.4) is 0 Å². The Labute approximate surface area is 154 Å². The molecular weight excluding hydrogens is 354 g/mol. The van der Waals surface area contributed by atoms with E-state index in [9.17, 15) is 18.0 Å². The van der Waals surface area contributed by atoms with Crippen LogP contribution in [0.15, 0.2) is 35.7 Å². The van der Waals surface area contributed by atoms with Crippen molar-refractivity contribution in [3.8, 4) is 0 Å². The van der Waals surface area contributed by atoms with Gasteiger partial charge < -0.3 is 10.2 Å². The third-order valence-corrected chi connectivity index (χ3v) is 5.45. The minimum Gasteiger partial charge on any atom is -0.352 e. The summed E-state index contributed by atoms with van der Waals surface area (Å²) in [4.78, 5) is 28.4. The van der Waals surface area contributed by atoms with Crippen LogP contribution < -0.4 is 5.32 Å². The zero-order valence-corrected chi connectivity index (χ0v) is 16.0. The summed E-state index contributed by atoms with van der Waals surface area (Å²) in [6.45, 7) is 8.26. The van der Waals surface area contributed by atoms with Gasteiger partial charge in [-0.2, -0.15) is 0 Å². The Morgan fingerprint density at radius 3 is 2.46 bits per heavy atom. The molecule has 1 aromatic carbocycles. The number of sulfone groups is 1. The Hall–Kier alpha value is -2.19. The molecule has 0 saturated carbocycles. The maximum absolute atomic E-state index is 12.8. The fraction of sp³-hybridized carbons (Fsp3) is 0.444. The predicted molar refractivity (Wildman–Crippen MR) is 99.8 cm³/mol. The van der Waals surface area contributed by atoms with E-state index in [2.05, 4.69) is 11.9 Å². The van der Waals surface area contributed by atoms with Gasteiger partial charge in [0.25, 0.3) is 5.91 Å². The summed E-state index contributed by atoms with van der Waals surface area (Å²) < 4.78 is 23.5. The molecule has 142 valence electrons.